The molecular formula is C19H29N7O5. The number of pyridine rings is 1. The third kappa shape index (κ3) is 7.37. The Morgan fingerprint density at radius 2 is 1.97 bits per heavy atom. The maximum absolute atomic E-state index is 11.8. The van der Waals surface area contributed by atoms with Gasteiger partial charge in [-0.25, -0.2) is 4.98 Å². The summed E-state index contributed by atoms with van der Waals surface area (Å²) in [7, 11) is 1.00. The molecule has 12 heteroatoms. The predicted octanol–water partition coefficient (Wildman–Crippen LogP) is 0.0379. The predicted molar refractivity (Wildman–Crippen MR) is 117 cm³/mol. The van der Waals surface area contributed by atoms with E-state index in [4.69, 9.17) is 25.8 Å². The van der Waals surface area contributed by atoms with Gasteiger partial charge in [-0.1, -0.05) is 6.42 Å². The SMILES string of the molecule is CC(O)O.CO.NC=O.Nc1cc(Nc2ccc[nH]c2=O)nc2c(C3CCC3)cnn12. The number of aliphatic hydroxyl groups excluding tert-OH is 2. The fourth-order valence-electron chi connectivity index (χ4n) is 2.73. The molecule has 3 aromatic rings. The minimum Gasteiger partial charge on any atom is -0.400 e. The van der Waals surface area contributed by atoms with Crippen LogP contribution in [-0.2, 0) is 4.79 Å². The normalized spacial score (nSPS) is 12.3. The van der Waals surface area contributed by atoms with Crippen molar-refractivity contribution in [2.75, 3.05) is 18.2 Å². The molecule has 1 saturated carbocycles. The number of nitrogens with zero attached hydrogens (tertiary/aromatic N) is 3. The summed E-state index contributed by atoms with van der Waals surface area (Å²) in [5, 5.41) is 29.6. The fourth-order valence-corrected chi connectivity index (χ4v) is 2.73. The van der Waals surface area contributed by atoms with Gasteiger partial charge in [0.2, 0.25) is 6.41 Å². The lowest BCUT2D eigenvalue weighted by Crippen LogP contribution is -2.12. The molecule has 0 unspecified atom stereocenters. The average molecular weight is 435 g/mol. The minimum atomic E-state index is -1.17. The standard InChI is InChI=1S/C15H16N6O.C2H6O2.CH3NO.CH4O/c16-12-7-13(19-11-5-2-6-17-15(11)22)20-14-10(8-18-21(12)14)9-3-1-4-9;1-2(3)4;2-1-3;1-2/h2,5-9H,1,3-4,16H2,(H,17,22)(H,19,20);2-4H,1H3;1H,(H2,2,3);2H,1H3. The molecular weight excluding hydrogens is 406 g/mol. The third-order valence-corrected chi connectivity index (χ3v) is 4.15. The number of rotatable bonds is 3. The van der Waals surface area contributed by atoms with Crippen molar-refractivity contribution in [1.82, 2.24) is 19.6 Å². The van der Waals surface area contributed by atoms with E-state index >= 15 is 0 Å². The van der Waals surface area contributed by atoms with Crippen LogP contribution >= 0.6 is 0 Å². The van der Waals surface area contributed by atoms with E-state index < -0.39 is 6.29 Å². The minimum absolute atomic E-state index is 0.199. The molecule has 0 aromatic carbocycles. The second-order valence-electron chi connectivity index (χ2n) is 6.34. The summed E-state index contributed by atoms with van der Waals surface area (Å²) in [6.45, 7) is 1.28. The zero-order valence-corrected chi connectivity index (χ0v) is 17.4. The van der Waals surface area contributed by atoms with Crippen molar-refractivity contribution in [3.8, 4) is 0 Å². The fraction of sp³-hybridized carbons (Fsp3) is 0.368. The molecule has 1 fully saturated rings. The van der Waals surface area contributed by atoms with E-state index in [-0.39, 0.29) is 12.0 Å². The first kappa shape index (κ1) is 25.6. The van der Waals surface area contributed by atoms with Crippen molar-refractivity contribution < 1.29 is 20.1 Å². The molecule has 0 aliphatic heterocycles. The van der Waals surface area contributed by atoms with Gasteiger partial charge < -0.3 is 37.1 Å². The van der Waals surface area contributed by atoms with Gasteiger partial charge in [0.25, 0.3) is 5.56 Å². The summed E-state index contributed by atoms with van der Waals surface area (Å²) in [6.07, 6.45) is 6.10. The zero-order chi connectivity index (χ0) is 23.4. The van der Waals surface area contributed by atoms with Crippen molar-refractivity contribution in [3.63, 3.8) is 0 Å². The van der Waals surface area contributed by atoms with Crippen molar-refractivity contribution >= 4 is 29.4 Å². The van der Waals surface area contributed by atoms with Gasteiger partial charge in [0, 0.05) is 24.9 Å². The lowest BCUT2D eigenvalue weighted by Gasteiger charge is -2.24. The van der Waals surface area contributed by atoms with Crippen LogP contribution in [0.25, 0.3) is 5.65 Å². The number of aliphatic hydroxyl groups is 3. The topological polar surface area (TPSA) is 205 Å². The van der Waals surface area contributed by atoms with Gasteiger partial charge in [-0.2, -0.15) is 9.61 Å². The number of H-pyrrole nitrogens is 1. The van der Waals surface area contributed by atoms with Crippen LogP contribution in [0.4, 0.5) is 17.3 Å². The molecule has 9 N–H and O–H groups in total. The van der Waals surface area contributed by atoms with Gasteiger partial charge in [-0.3, -0.25) is 9.59 Å². The van der Waals surface area contributed by atoms with Crippen molar-refractivity contribution in [2.45, 2.75) is 38.4 Å². The number of aromatic amines is 1. The molecule has 0 bridgehead atoms. The number of primary amides is 1. The van der Waals surface area contributed by atoms with Gasteiger partial charge in [0.15, 0.2) is 5.65 Å². The molecule has 3 aromatic heterocycles. The van der Waals surface area contributed by atoms with Crippen LogP contribution in [0.1, 0.15) is 37.7 Å². The molecule has 4 rings (SSSR count). The zero-order valence-electron chi connectivity index (χ0n) is 17.4. The Balaban J connectivity index is 0.000000464. The number of nitrogen functional groups attached to an aromatic ring is 1. The molecule has 0 atom stereocenters. The van der Waals surface area contributed by atoms with E-state index in [0.29, 0.717) is 23.2 Å². The van der Waals surface area contributed by atoms with E-state index in [2.05, 4.69) is 26.1 Å². The summed E-state index contributed by atoms with van der Waals surface area (Å²) in [4.78, 5) is 27.6. The number of amides is 1. The quantitative estimate of drug-likeness (QED) is 0.219. The van der Waals surface area contributed by atoms with Crippen LogP contribution < -0.4 is 22.3 Å². The number of hydrogen-bond donors (Lipinski definition) is 7. The number of nitrogens with two attached hydrogens (primary N) is 2. The monoisotopic (exact) mass is 435 g/mol. The van der Waals surface area contributed by atoms with Crippen LogP contribution in [-0.4, -0.2) is 54.7 Å². The third-order valence-electron chi connectivity index (χ3n) is 4.15. The van der Waals surface area contributed by atoms with Crippen LogP contribution in [0.5, 0.6) is 0 Å². The summed E-state index contributed by atoms with van der Waals surface area (Å²) in [5.74, 6) is 1.55. The Morgan fingerprint density at radius 1 is 1.35 bits per heavy atom. The van der Waals surface area contributed by atoms with Crippen LogP contribution in [0, 0.1) is 0 Å². The Labute approximate surface area is 178 Å². The van der Waals surface area contributed by atoms with E-state index in [1.54, 1.807) is 28.9 Å². The molecule has 0 saturated heterocycles. The first-order chi connectivity index (χ1) is 14.9. The van der Waals surface area contributed by atoms with Gasteiger partial charge in [-0.15, -0.1) is 0 Å². The molecule has 12 nitrogen and oxygen atoms in total. The highest BCUT2D eigenvalue weighted by Crippen LogP contribution is 2.38. The summed E-state index contributed by atoms with van der Waals surface area (Å²) in [6, 6.07) is 5.13. The Kier molecular flexibility index (Phi) is 10.7. The highest BCUT2D eigenvalue weighted by molar-refractivity contribution is 5.64. The number of anilines is 3. The number of nitrogens with one attached hydrogen (secondary N) is 2. The largest absolute Gasteiger partial charge is 0.400 e. The molecule has 0 radical (unpaired) electrons. The number of aromatic nitrogens is 4. The highest BCUT2D eigenvalue weighted by atomic mass is 16.5. The smallest absolute Gasteiger partial charge is 0.271 e. The number of carbonyl (C=O) groups is 1. The Morgan fingerprint density at radius 3 is 2.48 bits per heavy atom. The number of fused-ring (bicyclic) bond motifs is 1. The van der Waals surface area contributed by atoms with Gasteiger partial charge in [-0.05, 0) is 37.8 Å². The molecule has 3 heterocycles. The first-order valence-corrected chi connectivity index (χ1v) is 9.42. The number of carbonyl (C=O) groups excluding carboxylic acids is 1. The molecule has 0 spiro atoms. The van der Waals surface area contributed by atoms with Crippen LogP contribution in [0.15, 0.2) is 35.4 Å². The van der Waals surface area contributed by atoms with E-state index in [1.807, 2.05) is 6.20 Å². The second-order valence-corrected chi connectivity index (χ2v) is 6.34. The summed E-state index contributed by atoms with van der Waals surface area (Å²) >= 11 is 0. The van der Waals surface area contributed by atoms with Gasteiger partial charge in [0.05, 0.1) is 6.20 Å². The molecule has 170 valence electrons. The van der Waals surface area contributed by atoms with E-state index in [9.17, 15) is 4.79 Å². The Hall–Kier alpha value is -3.48. The lowest BCUT2D eigenvalue weighted by molar-refractivity contribution is -0.106. The summed E-state index contributed by atoms with van der Waals surface area (Å²) in [5.41, 5.74) is 12.3. The van der Waals surface area contributed by atoms with Crippen molar-refractivity contribution in [2.24, 2.45) is 5.73 Å². The molecule has 1 aliphatic rings. The Bertz CT molecular complexity index is 996. The first-order valence-electron chi connectivity index (χ1n) is 9.42. The maximum Gasteiger partial charge on any atom is 0.271 e. The molecule has 1 aliphatic carbocycles. The number of hydrogen-bond acceptors (Lipinski definition) is 9. The highest BCUT2D eigenvalue weighted by Gasteiger charge is 2.24. The summed E-state index contributed by atoms with van der Waals surface area (Å²) < 4.78 is 1.65. The average Bonchev–Trinajstić information content (AvgIpc) is 3.08. The molecule has 31 heavy (non-hydrogen) atoms. The van der Waals surface area contributed by atoms with E-state index in [1.165, 1.54) is 26.2 Å². The lowest BCUT2D eigenvalue weighted by atomic mass is 9.81. The van der Waals surface area contributed by atoms with E-state index in [0.717, 1.165) is 18.3 Å². The van der Waals surface area contributed by atoms with Gasteiger partial charge in [0.1, 0.15) is 23.6 Å². The van der Waals surface area contributed by atoms with Crippen LogP contribution in [0.2, 0.25) is 0 Å². The van der Waals surface area contributed by atoms with Crippen LogP contribution in [0.3, 0.4) is 0 Å². The van der Waals surface area contributed by atoms with Crippen molar-refractivity contribution in [3.05, 3.63) is 46.5 Å². The molecule has 1 amide bonds. The van der Waals surface area contributed by atoms with Crippen molar-refractivity contribution in [1.29, 1.82) is 0 Å². The van der Waals surface area contributed by atoms with Gasteiger partial charge >= 0.3 is 0 Å². The second kappa shape index (κ2) is 13.0. The maximum atomic E-state index is 11.8.